The van der Waals surface area contributed by atoms with E-state index >= 15 is 0 Å². The Balaban J connectivity index is 1.84. The highest BCUT2D eigenvalue weighted by Gasteiger charge is 2.21. The van der Waals surface area contributed by atoms with Crippen LogP contribution < -0.4 is 5.73 Å². The quantitative estimate of drug-likeness (QED) is 0.805. The highest BCUT2D eigenvalue weighted by atomic mass is 16.3. The number of carbonyl (C=O) groups excluding carboxylic acids is 1. The number of furan rings is 1. The van der Waals surface area contributed by atoms with Crippen LogP contribution in [0.5, 0.6) is 0 Å². The highest BCUT2D eigenvalue weighted by molar-refractivity contribution is 5.96. The number of carbonyl (C=O) groups is 1. The van der Waals surface area contributed by atoms with Gasteiger partial charge in [-0.05, 0) is 44.3 Å². The molecule has 106 valence electrons. The molecule has 2 N–H and O–H groups in total. The molecule has 0 radical (unpaired) electrons. The minimum Gasteiger partial charge on any atom is -0.451 e. The lowest BCUT2D eigenvalue weighted by molar-refractivity contribution is 0.0733. The lowest BCUT2D eigenvalue weighted by Gasteiger charge is -2.18. The summed E-state index contributed by atoms with van der Waals surface area (Å²) < 4.78 is 5.65. The van der Waals surface area contributed by atoms with Gasteiger partial charge in [-0.2, -0.15) is 0 Å². The first kappa shape index (κ1) is 13.0. The molecule has 5 nitrogen and oxygen atoms in total. The molecule has 2 aromatic rings. The first-order chi connectivity index (χ1) is 9.63. The lowest BCUT2D eigenvalue weighted by atomic mass is 10.2. The van der Waals surface area contributed by atoms with Gasteiger partial charge in [0.25, 0.3) is 5.91 Å². The molecule has 0 atom stereocenters. The van der Waals surface area contributed by atoms with Gasteiger partial charge in [-0.15, -0.1) is 0 Å². The second-order valence-electron chi connectivity index (χ2n) is 5.36. The van der Waals surface area contributed by atoms with Gasteiger partial charge in [-0.25, -0.2) is 0 Å². The van der Waals surface area contributed by atoms with E-state index in [-0.39, 0.29) is 5.91 Å². The van der Waals surface area contributed by atoms with Crippen molar-refractivity contribution in [3.05, 3.63) is 30.0 Å². The van der Waals surface area contributed by atoms with Crippen molar-refractivity contribution in [2.45, 2.75) is 6.42 Å². The Kier molecular flexibility index (Phi) is 3.36. The Labute approximate surface area is 117 Å². The van der Waals surface area contributed by atoms with Gasteiger partial charge in [0.05, 0.1) is 0 Å². The molecule has 0 spiro atoms. The van der Waals surface area contributed by atoms with Gasteiger partial charge >= 0.3 is 0 Å². The fourth-order valence-corrected chi connectivity index (χ4v) is 2.57. The standard InChI is InChI=1S/C15H19N3O2/c1-17-5-2-6-18(8-7-17)15(19)14-10-11-9-12(16)3-4-13(11)20-14/h3-4,9-10H,2,5-8,16H2,1H3. The smallest absolute Gasteiger partial charge is 0.289 e. The predicted octanol–water partition coefficient (Wildman–Crippen LogP) is 1.79. The number of nitrogen functional groups attached to an aromatic ring is 1. The summed E-state index contributed by atoms with van der Waals surface area (Å²) in [5.41, 5.74) is 7.12. The van der Waals surface area contributed by atoms with Crippen molar-refractivity contribution in [2.75, 3.05) is 39.0 Å². The van der Waals surface area contributed by atoms with E-state index in [0.29, 0.717) is 17.0 Å². The molecule has 1 fully saturated rings. The fraction of sp³-hybridized carbons (Fsp3) is 0.400. The Morgan fingerprint density at radius 2 is 2.05 bits per heavy atom. The molecule has 1 saturated heterocycles. The Morgan fingerprint density at radius 1 is 1.20 bits per heavy atom. The number of nitrogens with zero attached hydrogens (tertiary/aromatic N) is 2. The van der Waals surface area contributed by atoms with E-state index in [9.17, 15) is 4.79 Å². The zero-order valence-electron chi connectivity index (χ0n) is 11.6. The second-order valence-corrected chi connectivity index (χ2v) is 5.36. The molecule has 1 aromatic carbocycles. The third-order valence-corrected chi connectivity index (χ3v) is 3.76. The average Bonchev–Trinajstić information content (AvgIpc) is 2.72. The van der Waals surface area contributed by atoms with Crippen molar-refractivity contribution in [1.82, 2.24) is 9.80 Å². The highest BCUT2D eigenvalue weighted by Crippen LogP contribution is 2.23. The number of hydrogen-bond acceptors (Lipinski definition) is 4. The summed E-state index contributed by atoms with van der Waals surface area (Å²) >= 11 is 0. The van der Waals surface area contributed by atoms with Gasteiger partial charge in [0, 0.05) is 30.7 Å². The molecule has 1 amide bonds. The minimum absolute atomic E-state index is 0.0323. The van der Waals surface area contributed by atoms with E-state index in [1.807, 2.05) is 11.0 Å². The van der Waals surface area contributed by atoms with Crippen LogP contribution in [0.15, 0.2) is 28.7 Å². The molecule has 0 saturated carbocycles. The molecule has 5 heteroatoms. The third-order valence-electron chi connectivity index (χ3n) is 3.76. The summed E-state index contributed by atoms with van der Waals surface area (Å²) in [7, 11) is 2.08. The predicted molar refractivity (Wildman–Crippen MR) is 78.6 cm³/mol. The molecular weight excluding hydrogens is 254 g/mol. The van der Waals surface area contributed by atoms with Gasteiger partial charge in [0.2, 0.25) is 0 Å². The first-order valence-corrected chi connectivity index (χ1v) is 6.90. The van der Waals surface area contributed by atoms with Crippen LogP contribution in [0.1, 0.15) is 17.0 Å². The molecule has 0 aliphatic carbocycles. The van der Waals surface area contributed by atoms with Gasteiger partial charge < -0.3 is 20.0 Å². The number of nitrogens with two attached hydrogens (primary N) is 1. The first-order valence-electron chi connectivity index (χ1n) is 6.90. The molecular formula is C15H19N3O2. The lowest BCUT2D eigenvalue weighted by Crippen LogP contribution is -2.34. The van der Waals surface area contributed by atoms with E-state index in [2.05, 4.69) is 11.9 Å². The van der Waals surface area contributed by atoms with Crippen molar-refractivity contribution < 1.29 is 9.21 Å². The molecule has 3 rings (SSSR count). The molecule has 1 aromatic heterocycles. The number of likely N-dealkylation sites (N-methyl/N-ethyl adjacent to an activating group) is 1. The van der Waals surface area contributed by atoms with Gasteiger partial charge in [0.15, 0.2) is 5.76 Å². The largest absolute Gasteiger partial charge is 0.451 e. The second kappa shape index (κ2) is 5.17. The maximum Gasteiger partial charge on any atom is 0.289 e. The van der Waals surface area contributed by atoms with Crippen molar-refractivity contribution in [2.24, 2.45) is 0 Å². The van der Waals surface area contributed by atoms with E-state index in [0.717, 1.165) is 38.0 Å². The van der Waals surface area contributed by atoms with Crippen LogP contribution in [0.4, 0.5) is 5.69 Å². The summed E-state index contributed by atoms with van der Waals surface area (Å²) in [5.74, 6) is 0.366. The molecule has 1 aliphatic rings. The summed E-state index contributed by atoms with van der Waals surface area (Å²) in [6, 6.07) is 7.19. The van der Waals surface area contributed by atoms with Crippen LogP contribution in [-0.4, -0.2) is 48.9 Å². The number of rotatable bonds is 1. The summed E-state index contributed by atoms with van der Waals surface area (Å²) in [6.45, 7) is 3.45. The normalized spacial score (nSPS) is 17.4. The average molecular weight is 273 g/mol. The van der Waals surface area contributed by atoms with Crippen molar-refractivity contribution in [3.8, 4) is 0 Å². The minimum atomic E-state index is -0.0323. The van der Waals surface area contributed by atoms with Crippen molar-refractivity contribution in [1.29, 1.82) is 0 Å². The van der Waals surface area contributed by atoms with Gasteiger partial charge in [-0.1, -0.05) is 0 Å². The van der Waals surface area contributed by atoms with Crippen LogP contribution in [0, 0.1) is 0 Å². The summed E-state index contributed by atoms with van der Waals surface area (Å²) in [5, 5.41) is 0.875. The summed E-state index contributed by atoms with van der Waals surface area (Å²) in [4.78, 5) is 16.6. The Hall–Kier alpha value is -2.01. The number of anilines is 1. The maximum absolute atomic E-state index is 12.5. The molecule has 20 heavy (non-hydrogen) atoms. The zero-order valence-corrected chi connectivity index (χ0v) is 11.6. The van der Waals surface area contributed by atoms with Crippen LogP contribution in [0.25, 0.3) is 11.0 Å². The van der Waals surface area contributed by atoms with Crippen LogP contribution in [0.3, 0.4) is 0 Å². The molecule has 0 bridgehead atoms. The molecule has 1 aliphatic heterocycles. The van der Waals surface area contributed by atoms with Crippen molar-refractivity contribution >= 4 is 22.6 Å². The fourth-order valence-electron chi connectivity index (χ4n) is 2.57. The van der Waals surface area contributed by atoms with Crippen LogP contribution in [0.2, 0.25) is 0 Å². The topological polar surface area (TPSA) is 62.7 Å². The van der Waals surface area contributed by atoms with E-state index in [4.69, 9.17) is 10.2 Å². The van der Waals surface area contributed by atoms with E-state index in [1.165, 1.54) is 0 Å². The van der Waals surface area contributed by atoms with Crippen molar-refractivity contribution in [3.63, 3.8) is 0 Å². The van der Waals surface area contributed by atoms with Crippen LogP contribution >= 0.6 is 0 Å². The molecule has 2 heterocycles. The Morgan fingerprint density at radius 3 is 2.90 bits per heavy atom. The Bertz CT molecular complexity index is 635. The number of hydrogen-bond donors (Lipinski definition) is 1. The van der Waals surface area contributed by atoms with E-state index in [1.54, 1.807) is 18.2 Å². The third kappa shape index (κ3) is 2.49. The number of benzene rings is 1. The number of amides is 1. The summed E-state index contributed by atoms with van der Waals surface area (Å²) in [6.07, 6.45) is 0.995. The maximum atomic E-state index is 12.5. The van der Waals surface area contributed by atoms with Crippen LogP contribution in [-0.2, 0) is 0 Å². The van der Waals surface area contributed by atoms with Gasteiger partial charge in [0.1, 0.15) is 5.58 Å². The SMILES string of the molecule is CN1CCCN(C(=O)c2cc3cc(N)ccc3o2)CC1. The zero-order chi connectivity index (χ0) is 14.1. The monoisotopic (exact) mass is 273 g/mol. The molecule has 0 unspecified atom stereocenters. The van der Waals surface area contributed by atoms with Gasteiger partial charge in [-0.3, -0.25) is 4.79 Å². The number of fused-ring (bicyclic) bond motifs is 1. The van der Waals surface area contributed by atoms with E-state index < -0.39 is 0 Å².